The Labute approximate surface area is 383 Å². The first-order valence-corrected chi connectivity index (χ1v) is 23.1. The third-order valence-corrected chi connectivity index (χ3v) is 15.2. The second-order valence-corrected chi connectivity index (χ2v) is 18.7. The van der Waals surface area contributed by atoms with Crippen molar-refractivity contribution in [1.29, 1.82) is 0 Å². The lowest BCUT2D eigenvalue weighted by Gasteiger charge is -2.46. The van der Waals surface area contributed by atoms with Crippen LogP contribution in [-0.4, -0.2) is 124 Å². The molecule has 66 heavy (non-hydrogen) atoms. The van der Waals surface area contributed by atoms with Crippen LogP contribution in [0.15, 0.2) is 85.2 Å². The van der Waals surface area contributed by atoms with Crippen molar-refractivity contribution in [3.63, 3.8) is 0 Å². The Morgan fingerprint density at radius 2 is 1.18 bits per heavy atom. The van der Waals surface area contributed by atoms with Crippen LogP contribution in [0.5, 0.6) is 11.5 Å². The molecule has 0 radical (unpaired) electrons. The van der Waals surface area contributed by atoms with E-state index in [0.29, 0.717) is 44.7 Å². The fraction of sp³-hybridized carbons (Fsp3) is 0.423. The van der Waals surface area contributed by atoms with Gasteiger partial charge in [-0.2, -0.15) is 0 Å². The first-order valence-electron chi connectivity index (χ1n) is 23.1. The number of halogens is 2. The lowest BCUT2D eigenvalue weighted by atomic mass is 9.96. The van der Waals surface area contributed by atoms with E-state index in [2.05, 4.69) is 62.8 Å². The highest BCUT2D eigenvalue weighted by Gasteiger charge is 2.46. The van der Waals surface area contributed by atoms with Crippen LogP contribution in [0.3, 0.4) is 0 Å². The number of methoxy groups -OCH3 is 2. The average Bonchev–Trinajstić information content (AvgIpc) is 4.16. The Morgan fingerprint density at radius 1 is 0.682 bits per heavy atom. The van der Waals surface area contributed by atoms with Gasteiger partial charge in [0.25, 0.3) is 6.43 Å². The van der Waals surface area contributed by atoms with E-state index in [0.717, 1.165) is 92.5 Å². The number of hydrogen-bond acceptors (Lipinski definition) is 9. The van der Waals surface area contributed by atoms with E-state index < -0.39 is 24.4 Å². The minimum absolute atomic E-state index is 0.0173. The predicted octanol–water partition coefficient (Wildman–Crippen LogP) is 8.88. The number of hydrogen-bond donors (Lipinski definition) is 3. The molecule has 4 aliphatic rings. The first kappa shape index (κ1) is 44.1. The lowest BCUT2D eigenvalue weighted by Crippen LogP contribution is -2.54. The highest BCUT2D eigenvalue weighted by Crippen LogP contribution is 2.42. The maximum atomic E-state index is 14.3. The molecule has 12 nitrogen and oxygen atoms in total. The van der Waals surface area contributed by atoms with Gasteiger partial charge in [-0.1, -0.05) is 24.3 Å². The van der Waals surface area contributed by atoms with Crippen LogP contribution in [0.1, 0.15) is 91.9 Å². The topological polar surface area (TPSA) is 127 Å². The molecule has 14 heteroatoms. The van der Waals surface area contributed by atoms with Gasteiger partial charge in [0, 0.05) is 115 Å². The van der Waals surface area contributed by atoms with Crippen LogP contribution < -0.4 is 9.47 Å². The smallest absolute Gasteiger partial charge is 0.338 e. The molecule has 0 spiro atoms. The maximum absolute atomic E-state index is 14.3. The third kappa shape index (κ3) is 8.11. The molecule has 4 saturated heterocycles. The molecular formula is C52H58F2N6O6. The monoisotopic (exact) mass is 900 g/mol. The zero-order valence-corrected chi connectivity index (χ0v) is 37.9. The number of aryl methyl sites for hydroxylation is 2. The van der Waals surface area contributed by atoms with Gasteiger partial charge in [0.2, 0.25) is 0 Å². The second kappa shape index (κ2) is 18.1. The predicted molar refractivity (Wildman–Crippen MR) is 249 cm³/mol. The number of H-pyrrole nitrogens is 2. The van der Waals surface area contributed by atoms with Gasteiger partial charge in [-0.25, -0.2) is 18.4 Å². The molecule has 0 aliphatic carbocycles. The molecule has 0 bridgehead atoms. The molecule has 4 unspecified atom stereocenters. The van der Waals surface area contributed by atoms with E-state index in [-0.39, 0.29) is 42.4 Å². The molecule has 4 fully saturated rings. The number of esters is 1. The second-order valence-electron chi connectivity index (χ2n) is 18.7. The molecule has 3 N–H and O–H groups in total. The molecule has 346 valence electrons. The minimum Gasteiger partial charge on any atom is -0.496 e. The summed E-state index contributed by atoms with van der Waals surface area (Å²) in [6.07, 6.45) is 4.52. The van der Waals surface area contributed by atoms with Crippen molar-refractivity contribution in [2.24, 2.45) is 0 Å². The number of carbonyl (C=O) groups is 2. The fourth-order valence-electron chi connectivity index (χ4n) is 11.7. The zero-order valence-electron chi connectivity index (χ0n) is 37.9. The molecule has 0 amide bonds. The number of rotatable bonds is 13. The number of ether oxygens (including phenoxy) is 3. The van der Waals surface area contributed by atoms with E-state index in [1.807, 2.05) is 41.6 Å². The average molecular weight is 901 g/mol. The Kier molecular flexibility index (Phi) is 12.1. The van der Waals surface area contributed by atoms with Crippen LogP contribution in [-0.2, 0) is 17.8 Å². The van der Waals surface area contributed by atoms with Crippen molar-refractivity contribution >= 4 is 33.7 Å². The highest BCUT2D eigenvalue weighted by molar-refractivity contribution is 5.90. The molecule has 6 atom stereocenters. The largest absolute Gasteiger partial charge is 0.496 e. The van der Waals surface area contributed by atoms with Gasteiger partial charge in [0.15, 0.2) is 0 Å². The molecule has 10 rings (SSSR count). The third-order valence-electron chi connectivity index (χ3n) is 15.2. The fourth-order valence-corrected chi connectivity index (χ4v) is 11.7. The van der Waals surface area contributed by atoms with Gasteiger partial charge < -0.3 is 29.3 Å². The highest BCUT2D eigenvalue weighted by atomic mass is 19.3. The van der Waals surface area contributed by atoms with E-state index >= 15 is 0 Å². The molecular weight excluding hydrogens is 843 g/mol. The zero-order chi connectivity index (χ0) is 45.8. The number of carboxylic acids is 1. The van der Waals surface area contributed by atoms with Crippen LogP contribution in [0.2, 0.25) is 0 Å². The van der Waals surface area contributed by atoms with Crippen LogP contribution >= 0.6 is 0 Å². The summed E-state index contributed by atoms with van der Waals surface area (Å²) in [7, 11) is 3.39. The number of carboxylic acid groups (broad SMARTS) is 1. The van der Waals surface area contributed by atoms with Crippen molar-refractivity contribution in [3.8, 4) is 11.5 Å². The number of nitrogens with one attached hydrogen (secondary N) is 2. The molecule has 6 heterocycles. The number of benzene rings is 4. The lowest BCUT2D eigenvalue weighted by molar-refractivity contribution is -0.0227. The summed E-state index contributed by atoms with van der Waals surface area (Å²) in [6.45, 7) is 8.17. The summed E-state index contributed by atoms with van der Waals surface area (Å²) in [5.41, 5.74) is 9.17. The summed E-state index contributed by atoms with van der Waals surface area (Å²) in [6, 6.07) is 22.3. The molecule has 2 aromatic heterocycles. The Hall–Kier alpha value is -5.80. The summed E-state index contributed by atoms with van der Waals surface area (Å²) in [4.78, 5) is 41.7. The Balaban J connectivity index is 0.856. The number of carbonyl (C=O) groups excluding carboxylic acids is 1. The maximum Gasteiger partial charge on any atom is 0.338 e. The van der Waals surface area contributed by atoms with Gasteiger partial charge in [-0.15, -0.1) is 0 Å². The SMILES string of the molecule is COc1cc(C)c2[nH]ccc2c1CN1CC2CCC(C(F)F)N2CC1c1ccc(C(=O)OC[C@@H]2CC[C@H]3CN(Cc4c(OC)cc(C)c5[nH]ccc45)C(c4ccc(C(=O)O)cc4)CN23)cc1. The quantitative estimate of drug-likeness (QED) is 0.0969. The standard InChI is InChI=1S/C52H58F2N6O6/c1-30-21-46(64-3)41(39-17-19-55-48(30)39)25-57-23-36-13-14-38(59(36)27-44(57)32-5-9-34(10-6-32)51(61)62)29-66-52(63)35-11-7-33(8-12-35)45-28-60-37(15-16-43(60)50(53)54)24-58(45)26-42-40-18-20-56-49(40)31(2)22-47(42)65-4/h5-12,17-22,36-38,43-45,50,55-56H,13-16,23-29H2,1-4H3,(H,61,62)/t36-,37?,38-,43?,44?,45?/m0/s1. The summed E-state index contributed by atoms with van der Waals surface area (Å²) in [5, 5.41) is 11.9. The Morgan fingerprint density at radius 3 is 1.70 bits per heavy atom. The molecule has 6 aromatic rings. The van der Waals surface area contributed by atoms with Gasteiger partial charge in [0.1, 0.15) is 18.1 Å². The van der Waals surface area contributed by atoms with E-state index in [1.165, 1.54) is 0 Å². The van der Waals surface area contributed by atoms with E-state index in [4.69, 9.17) is 14.2 Å². The van der Waals surface area contributed by atoms with Crippen molar-refractivity contribution in [1.82, 2.24) is 29.6 Å². The van der Waals surface area contributed by atoms with Crippen molar-refractivity contribution in [2.75, 3.05) is 47.0 Å². The van der Waals surface area contributed by atoms with Gasteiger partial charge >= 0.3 is 11.9 Å². The molecule has 4 aromatic carbocycles. The van der Waals surface area contributed by atoms with Crippen molar-refractivity contribution in [3.05, 3.63) is 130 Å². The number of fused-ring (bicyclic) bond motifs is 4. The van der Waals surface area contributed by atoms with Gasteiger partial charge in [0.05, 0.1) is 31.4 Å². The number of alkyl halides is 2. The number of nitrogens with zero attached hydrogens (tertiary/aromatic N) is 4. The van der Waals surface area contributed by atoms with Crippen LogP contribution in [0, 0.1) is 13.8 Å². The van der Waals surface area contributed by atoms with Crippen LogP contribution in [0.4, 0.5) is 8.78 Å². The number of aromatic amines is 2. The molecule has 0 saturated carbocycles. The normalized spacial score (nSPS) is 24.0. The van der Waals surface area contributed by atoms with E-state index in [9.17, 15) is 23.5 Å². The first-order chi connectivity index (χ1) is 32.0. The van der Waals surface area contributed by atoms with Gasteiger partial charge in [-0.3, -0.25) is 19.6 Å². The van der Waals surface area contributed by atoms with Gasteiger partial charge in [-0.05, 0) is 110 Å². The summed E-state index contributed by atoms with van der Waals surface area (Å²) in [5.74, 6) is 0.277. The number of aromatic nitrogens is 2. The Bertz CT molecular complexity index is 2740. The minimum atomic E-state index is -2.41. The molecule has 4 aliphatic heterocycles. The van der Waals surface area contributed by atoms with E-state index in [1.54, 1.807) is 38.5 Å². The number of piperazine rings is 2. The number of aromatic carboxylic acids is 1. The van der Waals surface area contributed by atoms with Crippen molar-refractivity contribution < 1.29 is 37.7 Å². The summed E-state index contributed by atoms with van der Waals surface area (Å²) < 4.78 is 46.6. The van der Waals surface area contributed by atoms with Crippen molar-refractivity contribution in [2.45, 2.75) is 95.3 Å². The summed E-state index contributed by atoms with van der Waals surface area (Å²) >= 11 is 0. The van der Waals surface area contributed by atoms with Crippen LogP contribution in [0.25, 0.3) is 21.8 Å².